The monoisotopic (exact) mass is 291 g/mol. The Bertz CT molecular complexity index is 288. The van der Waals surface area contributed by atoms with Crippen molar-refractivity contribution >= 4 is 28.4 Å². The van der Waals surface area contributed by atoms with Gasteiger partial charge in [0.2, 0.25) is 0 Å². The lowest BCUT2D eigenvalue weighted by molar-refractivity contribution is 0.636. The number of hydrogen-bond donors (Lipinski definition) is 2. The second kappa shape index (κ2) is 4.76. The first-order valence-corrected chi connectivity index (χ1v) is 5.39. The average Bonchev–Trinajstić information content (AvgIpc) is 2.10. The van der Waals surface area contributed by atoms with E-state index < -0.39 is 0 Å². The van der Waals surface area contributed by atoms with Gasteiger partial charge in [0.1, 0.15) is 5.82 Å². The van der Waals surface area contributed by atoms with E-state index in [0.717, 1.165) is 22.0 Å². The predicted molar refractivity (Wildman–Crippen MR) is 63.2 cm³/mol. The van der Waals surface area contributed by atoms with Crippen LogP contribution in [-0.2, 0) is 0 Å². The van der Waals surface area contributed by atoms with E-state index in [4.69, 9.17) is 11.5 Å². The number of rotatable bonds is 3. The van der Waals surface area contributed by atoms with Crippen molar-refractivity contribution in [2.24, 2.45) is 5.73 Å². The Balaban J connectivity index is 2.84. The van der Waals surface area contributed by atoms with Crippen molar-refractivity contribution in [3.63, 3.8) is 0 Å². The van der Waals surface area contributed by atoms with Crippen LogP contribution < -0.4 is 11.5 Å². The van der Waals surface area contributed by atoms with Crippen LogP contribution in [0.2, 0.25) is 0 Å². The number of hydrogen-bond acceptors (Lipinski definition) is 3. The molecule has 0 saturated carbocycles. The van der Waals surface area contributed by atoms with Crippen LogP contribution in [0.15, 0.2) is 12.3 Å². The molecule has 1 aromatic rings. The maximum absolute atomic E-state index is 5.94. The standard InChI is InChI=1S/C9H14IN3/c1-2-3-8(11)6-4-7(10)9(12)13-5-6/h4-5,8H,2-3,11H2,1H3,(H2,12,13)/t8-/m1/s1. The first-order valence-electron chi connectivity index (χ1n) is 4.31. The predicted octanol–water partition coefficient (Wildman–Crippen LogP) is 2.07. The van der Waals surface area contributed by atoms with E-state index in [0.29, 0.717) is 5.82 Å². The molecule has 1 heterocycles. The lowest BCUT2D eigenvalue weighted by atomic mass is 10.1. The number of nitrogens with two attached hydrogens (primary N) is 2. The molecule has 13 heavy (non-hydrogen) atoms. The van der Waals surface area contributed by atoms with E-state index in [2.05, 4.69) is 34.5 Å². The molecule has 1 rings (SSSR count). The molecule has 4 heteroatoms. The largest absolute Gasteiger partial charge is 0.383 e. The van der Waals surface area contributed by atoms with E-state index in [-0.39, 0.29) is 6.04 Å². The number of halogens is 1. The van der Waals surface area contributed by atoms with Crippen LogP contribution >= 0.6 is 22.6 Å². The van der Waals surface area contributed by atoms with Gasteiger partial charge in [-0.2, -0.15) is 0 Å². The van der Waals surface area contributed by atoms with E-state index in [1.165, 1.54) is 0 Å². The fraction of sp³-hybridized carbons (Fsp3) is 0.444. The van der Waals surface area contributed by atoms with Gasteiger partial charge in [-0.05, 0) is 40.6 Å². The Hall–Kier alpha value is -0.360. The van der Waals surface area contributed by atoms with Gasteiger partial charge in [-0.25, -0.2) is 4.98 Å². The van der Waals surface area contributed by atoms with Gasteiger partial charge >= 0.3 is 0 Å². The smallest absolute Gasteiger partial charge is 0.136 e. The van der Waals surface area contributed by atoms with Crippen molar-refractivity contribution in [2.75, 3.05) is 5.73 Å². The summed E-state index contributed by atoms with van der Waals surface area (Å²) in [5.74, 6) is 0.577. The van der Waals surface area contributed by atoms with Crippen LogP contribution in [-0.4, -0.2) is 4.98 Å². The minimum atomic E-state index is 0.0895. The number of pyridine rings is 1. The summed E-state index contributed by atoms with van der Waals surface area (Å²) >= 11 is 2.17. The third-order valence-electron chi connectivity index (χ3n) is 1.92. The molecule has 0 fully saturated rings. The Kier molecular flexibility index (Phi) is 3.92. The molecule has 0 aliphatic carbocycles. The molecule has 72 valence electrons. The van der Waals surface area contributed by atoms with Crippen LogP contribution in [0.5, 0.6) is 0 Å². The summed E-state index contributed by atoms with van der Waals surface area (Å²) in [6.45, 7) is 2.12. The highest BCUT2D eigenvalue weighted by Crippen LogP contribution is 2.19. The molecule has 0 saturated heterocycles. The average molecular weight is 291 g/mol. The Morgan fingerprint density at radius 3 is 2.85 bits per heavy atom. The molecule has 0 radical (unpaired) electrons. The summed E-state index contributed by atoms with van der Waals surface area (Å²) in [6.07, 6.45) is 3.83. The fourth-order valence-electron chi connectivity index (χ4n) is 1.14. The van der Waals surface area contributed by atoms with Crippen LogP contribution in [0.25, 0.3) is 0 Å². The van der Waals surface area contributed by atoms with E-state index in [9.17, 15) is 0 Å². The van der Waals surface area contributed by atoms with Gasteiger partial charge in [0, 0.05) is 12.2 Å². The minimum Gasteiger partial charge on any atom is -0.383 e. The zero-order valence-corrected chi connectivity index (χ0v) is 9.78. The topological polar surface area (TPSA) is 64.9 Å². The lowest BCUT2D eigenvalue weighted by Crippen LogP contribution is -2.11. The van der Waals surface area contributed by atoms with Gasteiger partial charge in [-0.15, -0.1) is 0 Å². The van der Waals surface area contributed by atoms with Gasteiger partial charge in [0.05, 0.1) is 3.57 Å². The first-order chi connectivity index (χ1) is 6.15. The Morgan fingerprint density at radius 1 is 1.62 bits per heavy atom. The van der Waals surface area contributed by atoms with Crippen molar-refractivity contribution in [1.29, 1.82) is 0 Å². The second-order valence-electron chi connectivity index (χ2n) is 3.03. The summed E-state index contributed by atoms with van der Waals surface area (Å²) < 4.78 is 0.974. The third kappa shape index (κ3) is 2.80. The van der Waals surface area contributed by atoms with Crippen molar-refractivity contribution in [3.8, 4) is 0 Å². The number of aromatic nitrogens is 1. The zero-order valence-electron chi connectivity index (χ0n) is 7.63. The molecule has 0 spiro atoms. The maximum atomic E-state index is 5.94. The van der Waals surface area contributed by atoms with Gasteiger partial charge < -0.3 is 11.5 Å². The summed E-state index contributed by atoms with van der Waals surface area (Å²) in [4.78, 5) is 4.07. The second-order valence-corrected chi connectivity index (χ2v) is 4.19. The van der Waals surface area contributed by atoms with Crippen molar-refractivity contribution in [2.45, 2.75) is 25.8 Å². The summed E-state index contributed by atoms with van der Waals surface area (Å²) in [7, 11) is 0. The highest BCUT2D eigenvalue weighted by atomic mass is 127. The number of anilines is 1. The molecule has 0 aliphatic heterocycles. The van der Waals surface area contributed by atoms with E-state index >= 15 is 0 Å². The van der Waals surface area contributed by atoms with E-state index in [1.54, 1.807) is 6.20 Å². The molecule has 0 aliphatic rings. The molecular weight excluding hydrogens is 277 g/mol. The summed E-state index contributed by atoms with van der Waals surface area (Å²) in [6, 6.07) is 2.09. The molecule has 4 N–H and O–H groups in total. The molecule has 0 bridgehead atoms. The molecule has 0 aromatic carbocycles. The van der Waals surface area contributed by atoms with Crippen molar-refractivity contribution < 1.29 is 0 Å². The first kappa shape index (κ1) is 10.7. The molecule has 1 atom stereocenters. The van der Waals surface area contributed by atoms with Crippen LogP contribution in [0, 0.1) is 3.57 Å². The van der Waals surface area contributed by atoms with E-state index in [1.807, 2.05) is 6.07 Å². The molecular formula is C9H14IN3. The van der Waals surface area contributed by atoms with Crippen molar-refractivity contribution in [1.82, 2.24) is 4.98 Å². The van der Waals surface area contributed by atoms with Gasteiger partial charge in [0.15, 0.2) is 0 Å². The van der Waals surface area contributed by atoms with Crippen molar-refractivity contribution in [3.05, 3.63) is 21.4 Å². The Morgan fingerprint density at radius 2 is 2.31 bits per heavy atom. The summed E-state index contributed by atoms with van der Waals surface area (Å²) in [5, 5.41) is 0. The van der Waals surface area contributed by atoms with Gasteiger partial charge in [-0.3, -0.25) is 0 Å². The van der Waals surface area contributed by atoms with Crippen LogP contribution in [0.1, 0.15) is 31.4 Å². The zero-order chi connectivity index (χ0) is 9.84. The van der Waals surface area contributed by atoms with Crippen LogP contribution in [0.3, 0.4) is 0 Å². The summed E-state index contributed by atoms with van der Waals surface area (Å²) in [5.41, 5.74) is 12.6. The number of nitrogen functional groups attached to an aromatic ring is 1. The third-order valence-corrected chi connectivity index (χ3v) is 2.78. The number of nitrogens with zero attached hydrogens (tertiary/aromatic N) is 1. The highest BCUT2D eigenvalue weighted by molar-refractivity contribution is 14.1. The SMILES string of the molecule is CCC[C@@H](N)c1cnc(N)c(I)c1. The normalized spacial score (nSPS) is 12.8. The molecule has 3 nitrogen and oxygen atoms in total. The minimum absolute atomic E-state index is 0.0895. The van der Waals surface area contributed by atoms with Gasteiger partial charge in [-0.1, -0.05) is 13.3 Å². The maximum Gasteiger partial charge on any atom is 0.136 e. The molecule has 0 unspecified atom stereocenters. The van der Waals surface area contributed by atoms with Gasteiger partial charge in [0.25, 0.3) is 0 Å². The highest BCUT2D eigenvalue weighted by Gasteiger charge is 2.06. The molecule has 1 aromatic heterocycles. The Labute approximate surface area is 92.1 Å². The lowest BCUT2D eigenvalue weighted by Gasteiger charge is -2.10. The molecule has 0 amide bonds. The quantitative estimate of drug-likeness (QED) is 0.838. The van der Waals surface area contributed by atoms with Crippen LogP contribution in [0.4, 0.5) is 5.82 Å². The fourth-order valence-corrected chi connectivity index (χ4v) is 1.64.